The summed E-state index contributed by atoms with van der Waals surface area (Å²) in [5.74, 6) is 0.884. The number of nitrogens with two attached hydrogens (primary N) is 1. The minimum absolute atomic E-state index is 0.421. The number of rotatable bonds is 4. The molecule has 0 bridgehead atoms. The Labute approximate surface area is 157 Å². The van der Waals surface area contributed by atoms with Crippen molar-refractivity contribution in [2.24, 2.45) is 5.92 Å². The third-order valence-corrected chi connectivity index (χ3v) is 4.96. The lowest BCUT2D eigenvalue weighted by Gasteiger charge is -2.44. The van der Waals surface area contributed by atoms with E-state index in [9.17, 15) is 0 Å². The molecule has 1 aliphatic heterocycles. The maximum Gasteiger partial charge on any atom is 0.0602 e. The molecule has 2 heteroatoms. The Kier molecular flexibility index (Phi) is 6.45. The van der Waals surface area contributed by atoms with Gasteiger partial charge in [0.1, 0.15) is 0 Å². The van der Waals surface area contributed by atoms with Crippen molar-refractivity contribution >= 4 is 5.69 Å². The number of anilines is 1. The van der Waals surface area contributed by atoms with E-state index >= 15 is 0 Å². The van der Waals surface area contributed by atoms with Crippen molar-refractivity contribution in [1.82, 2.24) is 4.90 Å². The molecule has 0 atom stereocenters. The van der Waals surface area contributed by atoms with Gasteiger partial charge in [-0.2, -0.15) is 0 Å². The van der Waals surface area contributed by atoms with Crippen molar-refractivity contribution in [2.75, 3.05) is 18.8 Å². The summed E-state index contributed by atoms with van der Waals surface area (Å²) in [6, 6.07) is 31.6. The second-order valence-electron chi connectivity index (χ2n) is 6.86. The molecule has 0 spiro atoms. The normalized spacial score (nSPS) is 14.4. The van der Waals surface area contributed by atoms with Crippen molar-refractivity contribution in [2.45, 2.75) is 19.4 Å². The number of para-hydroxylation sites is 1. The SMILES string of the molecule is CCC1CN(C(c2ccccc2)c2ccccc2)C1.Nc1ccccc1. The van der Waals surface area contributed by atoms with Crippen molar-refractivity contribution in [1.29, 1.82) is 0 Å². The molecule has 0 unspecified atom stereocenters. The van der Waals surface area contributed by atoms with Gasteiger partial charge in [-0.3, -0.25) is 4.90 Å². The fraction of sp³-hybridized carbons (Fsp3) is 0.250. The van der Waals surface area contributed by atoms with Crippen LogP contribution in [0.1, 0.15) is 30.5 Å². The van der Waals surface area contributed by atoms with Gasteiger partial charge in [0.15, 0.2) is 0 Å². The van der Waals surface area contributed by atoms with Crippen LogP contribution in [0.5, 0.6) is 0 Å². The van der Waals surface area contributed by atoms with E-state index in [-0.39, 0.29) is 0 Å². The van der Waals surface area contributed by atoms with Crippen molar-refractivity contribution < 1.29 is 0 Å². The van der Waals surface area contributed by atoms with Gasteiger partial charge >= 0.3 is 0 Å². The van der Waals surface area contributed by atoms with Gasteiger partial charge < -0.3 is 5.73 Å². The number of benzene rings is 3. The molecule has 3 aromatic carbocycles. The molecule has 26 heavy (non-hydrogen) atoms. The van der Waals surface area contributed by atoms with Gasteiger partial charge in [-0.05, 0) is 29.2 Å². The molecule has 0 aromatic heterocycles. The molecule has 3 aromatic rings. The quantitative estimate of drug-likeness (QED) is 0.643. The molecule has 1 fully saturated rings. The van der Waals surface area contributed by atoms with Crippen LogP contribution < -0.4 is 5.73 Å². The molecular weight excluding hydrogens is 316 g/mol. The summed E-state index contributed by atoms with van der Waals surface area (Å²) in [6.45, 7) is 4.75. The number of nitrogens with zero attached hydrogens (tertiary/aromatic N) is 1. The van der Waals surface area contributed by atoms with Crippen LogP contribution in [0.15, 0.2) is 91.0 Å². The summed E-state index contributed by atoms with van der Waals surface area (Å²) in [5.41, 5.74) is 8.99. The molecule has 4 rings (SSSR count). The van der Waals surface area contributed by atoms with Crippen LogP contribution in [0.4, 0.5) is 5.69 Å². The predicted octanol–water partition coefficient (Wildman–Crippen LogP) is 5.39. The van der Waals surface area contributed by atoms with E-state index in [2.05, 4.69) is 72.5 Å². The Balaban J connectivity index is 0.000000236. The highest BCUT2D eigenvalue weighted by Crippen LogP contribution is 2.34. The van der Waals surface area contributed by atoms with Crippen molar-refractivity contribution in [3.8, 4) is 0 Å². The first-order chi connectivity index (χ1) is 12.8. The fourth-order valence-corrected chi connectivity index (χ4v) is 3.42. The van der Waals surface area contributed by atoms with E-state index in [4.69, 9.17) is 5.73 Å². The van der Waals surface area contributed by atoms with Gasteiger partial charge in [0.05, 0.1) is 6.04 Å². The standard InChI is InChI=1S/C18H21N.C6H7N/c1-2-15-13-19(14-15)18(16-9-5-3-6-10-16)17-11-7-4-8-12-17;7-6-4-2-1-3-5-6/h3-12,15,18H,2,13-14H2,1H3;1-5H,7H2. The van der Waals surface area contributed by atoms with Crippen molar-refractivity contribution in [3.05, 3.63) is 102 Å². The van der Waals surface area contributed by atoms with E-state index in [1.807, 2.05) is 30.3 Å². The largest absolute Gasteiger partial charge is 0.399 e. The van der Waals surface area contributed by atoms with Gasteiger partial charge in [-0.25, -0.2) is 0 Å². The van der Waals surface area contributed by atoms with Gasteiger partial charge in [-0.1, -0.05) is 92.2 Å². The van der Waals surface area contributed by atoms with Crippen LogP contribution in [0.3, 0.4) is 0 Å². The molecule has 1 saturated heterocycles. The van der Waals surface area contributed by atoms with Crippen LogP contribution in [-0.2, 0) is 0 Å². The Hall–Kier alpha value is -2.58. The molecule has 0 saturated carbocycles. The highest BCUT2D eigenvalue weighted by atomic mass is 15.2. The molecule has 2 nitrogen and oxygen atoms in total. The first-order valence-electron chi connectivity index (χ1n) is 9.42. The average Bonchev–Trinajstić information content (AvgIpc) is 2.67. The van der Waals surface area contributed by atoms with Crippen molar-refractivity contribution in [3.63, 3.8) is 0 Å². The highest BCUT2D eigenvalue weighted by Gasteiger charge is 2.32. The fourth-order valence-electron chi connectivity index (χ4n) is 3.42. The molecular formula is C24H28N2. The predicted molar refractivity (Wildman–Crippen MR) is 111 cm³/mol. The number of hydrogen-bond acceptors (Lipinski definition) is 2. The first kappa shape index (κ1) is 18.2. The van der Waals surface area contributed by atoms with Gasteiger partial charge in [0.2, 0.25) is 0 Å². The Morgan fingerprint density at radius 3 is 1.54 bits per heavy atom. The van der Waals surface area contributed by atoms with E-state index in [1.54, 1.807) is 0 Å². The third-order valence-electron chi connectivity index (χ3n) is 4.96. The number of likely N-dealkylation sites (tertiary alicyclic amines) is 1. The lowest BCUT2D eigenvalue weighted by atomic mass is 9.89. The molecule has 1 heterocycles. The van der Waals surface area contributed by atoms with Crippen LogP contribution in [0.25, 0.3) is 0 Å². The number of nitrogen functional groups attached to an aromatic ring is 1. The summed E-state index contributed by atoms with van der Waals surface area (Å²) >= 11 is 0. The molecule has 134 valence electrons. The summed E-state index contributed by atoms with van der Waals surface area (Å²) in [5, 5.41) is 0. The number of hydrogen-bond donors (Lipinski definition) is 1. The Morgan fingerprint density at radius 2 is 1.19 bits per heavy atom. The molecule has 1 aliphatic rings. The topological polar surface area (TPSA) is 29.3 Å². The van der Waals surface area contributed by atoms with E-state index in [0.717, 1.165) is 11.6 Å². The molecule has 0 amide bonds. The van der Waals surface area contributed by atoms with Gasteiger partial charge in [0, 0.05) is 18.8 Å². The lowest BCUT2D eigenvalue weighted by molar-refractivity contribution is 0.0665. The zero-order valence-corrected chi connectivity index (χ0v) is 15.5. The zero-order chi connectivity index (χ0) is 18.2. The van der Waals surface area contributed by atoms with E-state index in [0.29, 0.717) is 6.04 Å². The second kappa shape index (κ2) is 9.21. The minimum atomic E-state index is 0.421. The maximum atomic E-state index is 5.36. The van der Waals surface area contributed by atoms with Crippen LogP contribution in [-0.4, -0.2) is 18.0 Å². The summed E-state index contributed by atoms with van der Waals surface area (Å²) in [7, 11) is 0. The zero-order valence-electron chi connectivity index (χ0n) is 15.5. The highest BCUT2D eigenvalue weighted by molar-refractivity contribution is 5.36. The smallest absolute Gasteiger partial charge is 0.0602 e. The van der Waals surface area contributed by atoms with Crippen LogP contribution >= 0.6 is 0 Å². The summed E-state index contributed by atoms with van der Waals surface area (Å²) < 4.78 is 0. The maximum absolute atomic E-state index is 5.36. The minimum Gasteiger partial charge on any atom is -0.399 e. The Morgan fingerprint density at radius 1 is 0.769 bits per heavy atom. The summed E-state index contributed by atoms with van der Waals surface area (Å²) in [4.78, 5) is 2.60. The Bertz CT molecular complexity index is 710. The van der Waals surface area contributed by atoms with E-state index in [1.165, 1.54) is 30.6 Å². The molecule has 0 aliphatic carbocycles. The van der Waals surface area contributed by atoms with Crippen LogP contribution in [0, 0.1) is 5.92 Å². The van der Waals surface area contributed by atoms with E-state index < -0.39 is 0 Å². The van der Waals surface area contributed by atoms with Gasteiger partial charge in [0.25, 0.3) is 0 Å². The second-order valence-corrected chi connectivity index (χ2v) is 6.86. The monoisotopic (exact) mass is 344 g/mol. The summed E-state index contributed by atoms with van der Waals surface area (Å²) in [6.07, 6.45) is 1.30. The van der Waals surface area contributed by atoms with Gasteiger partial charge in [-0.15, -0.1) is 0 Å². The first-order valence-corrected chi connectivity index (χ1v) is 9.42. The molecule has 2 N–H and O–H groups in total. The third kappa shape index (κ3) is 4.74. The average molecular weight is 345 g/mol. The van der Waals surface area contributed by atoms with Crippen LogP contribution in [0.2, 0.25) is 0 Å². The lowest BCUT2D eigenvalue weighted by Crippen LogP contribution is -2.48. The molecule has 0 radical (unpaired) electrons.